The van der Waals surface area contributed by atoms with Crippen LogP contribution in [0.15, 0.2) is 17.1 Å². The molecule has 0 bridgehead atoms. The average molecular weight is 465 g/mol. The summed E-state index contributed by atoms with van der Waals surface area (Å²) in [6.45, 7) is 2.93. The number of aliphatic hydroxyl groups excluding tert-OH is 1. The number of hydrogen-bond acceptors (Lipinski definition) is 7. The molecule has 2 aromatic rings. The fourth-order valence-corrected chi connectivity index (χ4v) is 5.87. The van der Waals surface area contributed by atoms with Gasteiger partial charge in [-0.3, -0.25) is 9.36 Å². The van der Waals surface area contributed by atoms with Gasteiger partial charge in [0.25, 0.3) is 15.8 Å². The van der Waals surface area contributed by atoms with E-state index in [2.05, 4.69) is 21.9 Å². The third-order valence-corrected chi connectivity index (χ3v) is 8.32. The number of pyridine rings is 1. The summed E-state index contributed by atoms with van der Waals surface area (Å²) in [6.07, 6.45) is 6.41. The van der Waals surface area contributed by atoms with Gasteiger partial charge in [-0.05, 0) is 37.7 Å². The zero-order valence-electron chi connectivity index (χ0n) is 18.6. The largest absolute Gasteiger partial charge is 0.396 e. The quantitative estimate of drug-likeness (QED) is 0.558. The van der Waals surface area contributed by atoms with Crippen LogP contribution in [0.2, 0.25) is 0 Å². The standard InChI is InChI=1S/C21H32N6O4S/c1-14-4-3-5-18(14)27-19-16(12-15(8-11-28)20(27)29)13-23-21(25-19)24-17-6-9-26(10-7-17)32(30,31)22-2/h12-14,17-18,22,28H,3-11H2,1-2H3,(H,23,24,25)/t14-,18+/m0/s1. The van der Waals surface area contributed by atoms with Crippen molar-refractivity contribution < 1.29 is 13.5 Å². The van der Waals surface area contributed by atoms with Crippen LogP contribution in [-0.4, -0.2) is 65.2 Å². The lowest BCUT2D eigenvalue weighted by Crippen LogP contribution is -2.46. The lowest BCUT2D eigenvalue weighted by atomic mass is 10.0. The number of piperidine rings is 1. The highest BCUT2D eigenvalue weighted by molar-refractivity contribution is 7.87. The van der Waals surface area contributed by atoms with E-state index in [0.29, 0.717) is 55.4 Å². The number of nitrogens with zero attached hydrogens (tertiary/aromatic N) is 4. The molecule has 0 radical (unpaired) electrons. The van der Waals surface area contributed by atoms with Crippen LogP contribution in [0.5, 0.6) is 0 Å². The molecule has 11 heteroatoms. The van der Waals surface area contributed by atoms with Crippen LogP contribution in [-0.2, 0) is 16.6 Å². The van der Waals surface area contributed by atoms with E-state index >= 15 is 0 Å². The Hall–Kier alpha value is -2.08. The Labute approximate surface area is 188 Å². The van der Waals surface area contributed by atoms with Crippen LogP contribution >= 0.6 is 0 Å². The van der Waals surface area contributed by atoms with Crippen molar-refractivity contribution in [1.29, 1.82) is 0 Å². The lowest BCUT2D eigenvalue weighted by molar-refractivity contribution is 0.298. The van der Waals surface area contributed by atoms with Gasteiger partial charge in [0.15, 0.2) is 0 Å². The molecule has 0 aromatic carbocycles. The van der Waals surface area contributed by atoms with Gasteiger partial charge >= 0.3 is 0 Å². The minimum Gasteiger partial charge on any atom is -0.396 e. The topological polar surface area (TPSA) is 129 Å². The molecule has 2 aliphatic rings. The molecule has 2 fully saturated rings. The molecule has 1 saturated carbocycles. The smallest absolute Gasteiger partial charge is 0.279 e. The van der Waals surface area contributed by atoms with E-state index in [9.17, 15) is 18.3 Å². The van der Waals surface area contributed by atoms with E-state index in [-0.39, 0.29) is 24.2 Å². The monoisotopic (exact) mass is 464 g/mol. The van der Waals surface area contributed by atoms with Gasteiger partial charge in [-0.25, -0.2) is 9.71 Å². The van der Waals surface area contributed by atoms with Crippen molar-refractivity contribution in [3.63, 3.8) is 0 Å². The van der Waals surface area contributed by atoms with Crippen LogP contribution in [0.4, 0.5) is 5.95 Å². The summed E-state index contributed by atoms with van der Waals surface area (Å²) in [5.74, 6) is 0.825. The van der Waals surface area contributed by atoms with Gasteiger partial charge in [0.2, 0.25) is 5.95 Å². The van der Waals surface area contributed by atoms with Crippen molar-refractivity contribution in [2.45, 2.75) is 57.5 Å². The Morgan fingerprint density at radius 3 is 2.59 bits per heavy atom. The number of fused-ring (bicyclic) bond motifs is 1. The molecule has 32 heavy (non-hydrogen) atoms. The molecule has 0 amide bonds. The van der Waals surface area contributed by atoms with E-state index in [0.717, 1.165) is 24.6 Å². The molecule has 4 rings (SSSR count). The number of rotatable bonds is 7. The van der Waals surface area contributed by atoms with Crippen molar-refractivity contribution in [3.8, 4) is 0 Å². The highest BCUT2D eigenvalue weighted by Crippen LogP contribution is 2.36. The summed E-state index contributed by atoms with van der Waals surface area (Å²) in [4.78, 5) is 22.5. The first kappa shape index (κ1) is 23.1. The number of aromatic nitrogens is 3. The summed E-state index contributed by atoms with van der Waals surface area (Å²) in [7, 11) is -2.00. The van der Waals surface area contributed by atoms with Crippen molar-refractivity contribution in [2.75, 3.05) is 32.1 Å². The first-order valence-corrected chi connectivity index (χ1v) is 12.7. The van der Waals surface area contributed by atoms with E-state index < -0.39 is 10.2 Å². The Morgan fingerprint density at radius 2 is 1.97 bits per heavy atom. The van der Waals surface area contributed by atoms with Crippen LogP contribution in [0.25, 0.3) is 11.0 Å². The van der Waals surface area contributed by atoms with Crippen molar-refractivity contribution in [2.24, 2.45) is 5.92 Å². The van der Waals surface area contributed by atoms with E-state index in [4.69, 9.17) is 4.98 Å². The van der Waals surface area contributed by atoms with Gasteiger partial charge in [-0.2, -0.15) is 17.7 Å². The molecule has 1 saturated heterocycles. The summed E-state index contributed by atoms with van der Waals surface area (Å²) in [5.41, 5.74) is 1.12. The summed E-state index contributed by atoms with van der Waals surface area (Å²) in [6, 6.07) is 1.92. The van der Waals surface area contributed by atoms with E-state index in [1.807, 2.05) is 4.57 Å². The third-order valence-electron chi connectivity index (χ3n) is 6.76. The first-order valence-electron chi connectivity index (χ1n) is 11.3. The predicted octanol–water partition coefficient (Wildman–Crippen LogP) is 1.03. The molecule has 0 unspecified atom stereocenters. The van der Waals surface area contributed by atoms with E-state index in [1.54, 1.807) is 12.3 Å². The number of aliphatic hydroxyl groups is 1. The SMILES string of the molecule is CNS(=O)(=O)N1CCC(Nc2ncc3cc(CCO)c(=O)n([C@@H]4CCC[C@@H]4C)c3n2)CC1. The maximum absolute atomic E-state index is 13.3. The Balaban J connectivity index is 1.62. The van der Waals surface area contributed by atoms with Gasteiger partial charge in [0.05, 0.1) is 0 Å². The molecule has 176 valence electrons. The lowest BCUT2D eigenvalue weighted by Gasteiger charge is -2.31. The molecule has 0 spiro atoms. The van der Waals surface area contributed by atoms with Crippen molar-refractivity contribution >= 4 is 27.2 Å². The first-order chi connectivity index (χ1) is 15.3. The zero-order valence-corrected chi connectivity index (χ0v) is 19.4. The van der Waals surface area contributed by atoms with E-state index in [1.165, 1.54) is 11.4 Å². The van der Waals surface area contributed by atoms with Gasteiger partial charge in [-0.1, -0.05) is 13.3 Å². The molecule has 10 nitrogen and oxygen atoms in total. The molecular formula is C21H32N6O4S. The second-order valence-corrected chi connectivity index (χ2v) is 10.7. The van der Waals surface area contributed by atoms with Crippen LogP contribution in [0.1, 0.15) is 50.6 Å². The predicted molar refractivity (Wildman–Crippen MR) is 123 cm³/mol. The maximum Gasteiger partial charge on any atom is 0.279 e. The van der Waals surface area contributed by atoms with Crippen LogP contribution < -0.4 is 15.6 Å². The van der Waals surface area contributed by atoms with Crippen molar-refractivity contribution in [3.05, 3.63) is 28.2 Å². The normalized spacial score (nSPS) is 23.1. The number of nitrogens with one attached hydrogen (secondary N) is 2. The molecule has 3 N–H and O–H groups in total. The molecule has 2 atom stereocenters. The minimum atomic E-state index is -3.41. The molecule has 1 aliphatic carbocycles. The van der Waals surface area contributed by atoms with Gasteiger partial charge < -0.3 is 10.4 Å². The van der Waals surface area contributed by atoms with Gasteiger partial charge in [-0.15, -0.1) is 0 Å². The second kappa shape index (κ2) is 9.42. The molecule has 1 aliphatic heterocycles. The molecule has 2 aromatic heterocycles. The summed E-state index contributed by atoms with van der Waals surface area (Å²) >= 11 is 0. The summed E-state index contributed by atoms with van der Waals surface area (Å²) < 4.78 is 29.6. The summed E-state index contributed by atoms with van der Waals surface area (Å²) in [5, 5.41) is 13.5. The van der Waals surface area contributed by atoms with Gasteiger partial charge in [0.1, 0.15) is 5.65 Å². The Kier molecular flexibility index (Phi) is 6.80. The van der Waals surface area contributed by atoms with Crippen LogP contribution in [0.3, 0.4) is 0 Å². The fourth-order valence-electron chi connectivity index (χ4n) is 4.92. The highest BCUT2D eigenvalue weighted by Gasteiger charge is 2.29. The second-order valence-electron chi connectivity index (χ2n) is 8.79. The zero-order chi connectivity index (χ0) is 22.9. The third kappa shape index (κ3) is 4.52. The maximum atomic E-state index is 13.3. The number of anilines is 1. The Morgan fingerprint density at radius 1 is 1.22 bits per heavy atom. The number of hydrogen-bond donors (Lipinski definition) is 3. The minimum absolute atomic E-state index is 0.0509. The van der Waals surface area contributed by atoms with Crippen LogP contribution in [0, 0.1) is 5.92 Å². The van der Waals surface area contributed by atoms with Gasteiger partial charge in [0, 0.05) is 62.4 Å². The molecule has 3 heterocycles. The fraction of sp³-hybridized carbons (Fsp3) is 0.667. The Bertz CT molecular complexity index is 1130. The van der Waals surface area contributed by atoms with Crippen molar-refractivity contribution in [1.82, 2.24) is 23.6 Å². The molecular weight excluding hydrogens is 432 g/mol. The average Bonchev–Trinajstić information content (AvgIpc) is 3.20. The highest BCUT2D eigenvalue weighted by atomic mass is 32.2.